The molecule has 1 atom stereocenters. The van der Waals surface area contributed by atoms with E-state index in [4.69, 9.17) is 9.47 Å². The van der Waals surface area contributed by atoms with Crippen LogP contribution in [0.15, 0.2) is 18.2 Å². The van der Waals surface area contributed by atoms with Gasteiger partial charge in [-0.1, -0.05) is 31.5 Å². The molecule has 0 aromatic heterocycles. The largest absolute Gasteiger partial charge is 0.496 e. The topological polar surface area (TPSA) is 30.5 Å². The van der Waals surface area contributed by atoms with Crippen molar-refractivity contribution in [3.05, 3.63) is 29.3 Å². The van der Waals surface area contributed by atoms with Crippen LogP contribution in [-0.2, 0) is 11.2 Å². The normalized spacial score (nSPS) is 12.4. The molecule has 21 heavy (non-hydrogen) atoms. The van der Waals surface area contributed by atoms with E-state index in [1.165, 1.54) is 11.1 Å². The number of ether oxygens (including phenoxy) is 2. The molecule has 0 saturated heterocycles. The number of benzene rings is 1. The predicted octanol–water partition coefficient (Wildman–Crippen LogP) is 3.73. The molecule has 1 unspecified atom stereocenters. The zero-order valence-corrected chi connectivity index (χ0v) is 14.1. The first-order chi connectivity index (χ1) is 10.2. The molecule has 0 bridgehead atoms. The second-order valence-corrected chi connectivity index (χ2v) is 5.57. The van der Waals surface area contributed by atoms with Crippen LogP contribution in [0, 0.1) is 6.92 Å². The van der Waals surface area contributed by atoms with Crippen molar-refractivity contribution in [1.29, 1.82) is 0 Å². The Hall–Kier alpha value is -1.06. The van der Waals surface area contributed by atoms with Gasteiger partial charge in [-0.15, -0.1) is 0 Å². The van der Waals surface area contributed by atoms with E-state index in [1.54, 1.807) is 7.11 Å². The van der Waals surface area contributed by atoms with Crippen LogP contribution in [-0.4, -0.2) is 32.9 Å². The molecule has 0 aliphatic heterocycles. The first-order valence-electron chi connectivity index (χ1n) is 8.15. The van der Waals surface area contributed by atoms with Gasteiger partial charge in [-0.05, 0) is 50.8 Å². The predicted molar refractivity (Wildman–Crippen MR) is 89.2 cm³/mol. The van der Waals surface area contributed by atoms with Gasteiger partial charge in [0.1, 0.15) is 5.75 Å². The number of hydrogen-bond acceptors (Lipinski definition) is 3. The summed E-state index contributed by atoms with van der Waals surface area (Å²) in [5.74, 6) is 0.985. The monoisotopic (exact) mass is 293 g/mol. The van der Waals surface area contributed by atoms with Gasteiger partial charge in [0.25, 0.3) is 0 Å². The molecule has 0 saturated carbocycles. The van der Waals surface area contributed by atoms with Gasteiger partial charge in [0.2, 0.25) is 0 Å². The highest BCUT2D eigenvalue weighted by atomic mass is 16.5. The van der Waals surface area contributed by atoms with Crippen molar-refractivity contribution in [3.63, 3.8) is 0 Å². The zero-order valence-electron chi connectivity index (χ0n) is 14.1. The Morgan fingerprint density at radius 3 is 2.62 bits per heavy atom. The van der Waals surface area contributed by atoms with Crippen LogP contribution in [0.4, 0.5) is 0 Å². The minimum absolute atomic E-state index is 0.442. The SMILES string of the molecule is CCCNC(CCOCCC)Cc1cc(C)ccc1OC. The summed E-state index contributed by atoms with van der Waals surface area (Å²) in [6.45, 7) is 9.20. The van der Waals surface area contributed by atoms with Gasteiger partial charge in [0.05, 0.1) is 7.11 Å². The molecule has 0 aliphatic rings. The van der Waals surface area contributed by atoms with Crippen LogP contribution >= 0.6 is 0 Å². The van der Waals surface area contributed by atoms with Gasteiger partial charge in [-0.25, -0.2) is 0 Å². The van der Waals surface area contributed by atoms with E-state index in [0.29, 0.717) is 6.04 Å². The molecule has 1 aromatic carbocycles. The molecule has 1 rings (SSSR count). The Kier molecular flexibility index (Phi) is 9.11. The number of nitrogens with one attached hydrogen (secondary N) is 1. The lowest BCUT2D eigenvalue weighted by molar-refractivity contribution is 0.124. The summed E-state index contributed by atoms with van der Waals surface area (Å²) in [6.07, 6.45) is 4.26. The molecule has 0 radical (unpaired) electrons. The lowest BCUT2D eigenvalue weighted by atomic mass is 10.0. The number of aryl methyl sites for hydroxylation is 1. The Morgan fingerprint density at radius 2 is 1.95 bits per heavy atom. The third-order valence-electron chi connectivity index (χ3n) is 3.54. The average molecular weight is 293 g/mol. The summed E-state index contributed by atoms with van der Waals surface area (Å²) in [6, 6.07) is 6.83. The third-order valence-corrected chi connectivity index (χ3v) is 3.54. The summed E-state index contributed by atoms with van der Waals surface area (Å²) in [5.41, 5.74) is 2.56. The molecule has 0 fully saturated rings. The maximum atomic E-state index is 5.64. The van der Waals surface area contributed by atoms with Crippen molar-refractivity contribution in [3.8, 4) is 5.75 Å². The van der Waals surface area contributed by atoms with Crippen LogP contribution in [0.25, 0.3) is 0 Å². The van der Waals surface area contributed by atoms with E-state index in [0.717, 1.165) is 51.2 Å². The van der Waals surface area contributed by atoms with Crippen molar-refractivity contribution in [2.75, 3.05) is 26.9 Å². The van der Waals surface area contributed by atoms with Gasteiger partial charge in [0.15, 0.2) is 0 Å². The van der Waals surface area contributed by atoms with E-state index in [-0.39, 0.29) is 0 Å². The molecule has 3 nitrogen and oxygen atoms in total. The van der Waals surface area contributed by atoms with E-state index < -0.39 is 0 Å². The summed E-state index contributed by atoms with van der Waals surface area (Å²) < 4.78 is 11.1. The molecule has 0 amide bonds. The highest BCUT2D eigenvalue weighted by Crippen LogP contribution is 2.21. The number of rotatable bonds is 11. The summed E-state index contributed by atoms with van der Waals surface area (Å²) in [5, 5.41) is 3.63. The second kappa shape index (κ2) is 10.6. The lowest BCUT2D eigenvalue weighted by Crippen LogP contribution is -2.33. The van der Waals surface area contributed by atoms with E-state index in [2.05, 4.69) is 44.3 Å². The molecular weight excluding hydrogens is 262 g/mol. The Bertz CT molecular complexity index is 393. The first-order valence-corrected chi connectivity index (χ1v) is 8.15. The fourth-order valence-electron chi connectivity index (χ4n) is 2.43. The van der Waals surface area contributed by atoms with Crippen LogP contribution in [0.3, 0.4) is 0 Å². The second-order valence-electron chi connectivity index (χ2n) is 5.57. The summed E-state index contributed by atoms with van der Waals surface area (Å²) >= 11 is 0. The third kappa shape index (κ3) is 6.96. The molecule has 1 N–H and O–H groups in total. The summed E-state index contributed by atoms with van der Waals surface area (Å²) in [7, 11) is 1.74. The minimum atomic E-state index is 0.442. The average Bonchev–Trinajstić information content (AvgIpc) is 2.49. The molecular formula is C18H31NO2. The van der Waals surface area contributed by atoms with Crippen molar-refractivity contribution < 1.29 is 9.47 Å². The van der Waals surface area contributed by atoms with Gasteiger partial charge in [-0.3, -0.25) is 0 Å². The maximum absolute atomic E-state index is 5.64. The van der Waals surface area contributed by atoms with Crippen molar-refractivity contribution in [1.82, 2.24) is 5.32 Å². The molecule has 3 heteroatoms. The Balaban J connectivity index is 2.63. The Labute approximate surface area is 130 Å². The highest BCUT2D eigenvalue weighted by Gasteiger charge is 2.12. The fourth-order valence-corrected chi connectivity index (χ4v) is 2.43. The molecule has 0 spiro atoms. The van der Waals surface area contributed by atoms with Crippen molar-refractivity contribution in [2.45, 2.75) is 52.5 Å². The van der Waals surface area contributed by atoms with Gasteiger partial charge in [0, 0.05) is 19.3 Å². The van der Waals surface area contributed by atoms with Gasteiger partial charge >= 0.3 is 0 Å². The summed E-state index contributed by atoms with van der Waals surface area (Å²) in [4.78, 5) is 0. The number of methoxy groups -OCH3 is 1. The molecule has 1 aromatic rings. The van der Waals surface area contributed by atoms with E-state index in [9.17, 15) is 0 Å². The number of hydrogen-bond donors (Lipinski definition) is 1. The maximum Gasteiger partial charge on any atom is 0.122 e. The van der Waals surface area contributed by atoms with E-state index in [1.807, 2.05) is 0 Å². The zero-order chi connectivity index (χ0) is 15.5. The van der Waals surface area contributed by atoms with Crippen LogP contribution in [0.1, 0.15) is 44.2 Å². The quantitative estimate of drug-likeness (QED) is 0.631. The van der Waals surface area contributed by atoms with Crippen LogP contribution < -0.4 is 10.1 Å². The minimum Gasteiger partial charge on any atom is -0.496 e. The van der Waals surface area contributed by atoms with Gasteiger partial charge < -0.3 is 14.8 Å². The first kappa shape index (κ1) is 18.0. The van der Waals surface area contributed by atoms with Crippen molar-refractivity contribution >= 4 is 0 Å². The molecule has 0 aliphatic carbocycles. The highest BCUT2D eigenvalue weighted by molar-refractivity contribution is 5.37. The van der Waals surface area contributed by atoms with Crippen LogP contribution in [0.2, 0.25) is 0 Å². The van der Waals surface area contributed by atoms with Gasteiger partial charge in [-0.2, -0.15) is 0 Å². The molecule has 0 heterocycles. The van der Waals surface area contributed by atoms with E-state index >= 15 is 0 Å². The van der Waals surface area contributed by atoms with Crippen molar-refractivity contribution in [2.24, 2.45) is 0 Å². The molecule has 120 valence electrons. The standard InChI is InChI=1S/C18H31NO2/c1-5-10-19-17(9-12-21-11-6-2)14-16-13-15(3)7-8-18(16)20-4/h7-8,13,17,19H,5-6,9-12,14H2,1-4H3. The fraction of sp³-hybridized carbons (Fsp3) is 0.667. The Morgan fingerprint density at radius 1 is 1.14 bits per heavy atom. The lowest BCUT2D eigenvalue weighted by Gasteiger charge is -2.20. The van der Waals surface area contributed by atoms with Crippen LogP contribution in [0.5, 0.6) is 5.75 Å². The smallest absolute Gasteiger partial charge is 0.122 e.